The quantitative estimate of drug-likeness (QED) is 0.719. The van der Waals surface area contributed by atoms with Crippen molar-refractivity contribution in [2.24, 2.45) is 5.73 Å². The maximum absolute atomic E-state index is 11.8. The molecule has 0 unspecified atom stereocenters. The highest BCUT2D eigenvalue weighted by atomic mass is 16.5. The minimum atomic E-state index is -0.106. The number of carbonyl (C=O) groups is 1. The Hall–Kier alpha value is -1.37. The zero-order valence-electron chi connectivity index (χ0n) is 11.1. The summed E-state index contributed by atoms with van der Waals surface area (Å²) in [6.45, 7) is 5.55. The van der Waals surface area contributed by atoms with Crippen LogP contribution < -0.4 is 11.1 Å². The van der Waals surface area contributed by atoms with Crippen molar-refractivity contribution in [3.05, 3.63) is 23.7 Å². The Bertz CT molecular complexity index is 400. The van der Waals surface area contributed by atoms with E-state index >= 15 is 0 Å². The molecule has 0 aliphatic carbocycles. The summed E-state index contributed by atoms with van der Waals surface area (Å²) in [4.78, 5) is 14.1. The number of rotatable bonds is 6. The molecule has 6 nitrogen and oxygen atoms in total. The second-order valence-corrected chi connectivity index (χ2v) is 4.57. The molecular weight excluding hydrogens is 246 g/mol. The fourth-order valence-electron chi connectivity index (χ4n) is 2.04. The van der Waals surface area contributed by atoms with Gasteiger partial charge in [0.1, 0.15) is 12.0 Å². The molecule has 1 amide bonds. The Balaban J connectivity index is 1.63. The van der Waals surface area contributed by atoms with Crippen molar-refractivity contribution in [2.75, 3.05) is 39.4 Å². The molecule has 2 rings (SSSR count). The Morgan fingerprint density at radius 2 is 2.21 bits per heavy atom. The maximum Gasteiger partial charge on any atom is 0.254 e. The lowest BCUT2D eigenvalue weighted by atomic mass is 10.3. The van der Waals surface area contributed by atoms with Gasteiger partial charge >= 0.3 is 0 Å². The number of morpholine rings is 1. The third-order valence-electron chi connectivity index (χ3n) is 3.16. The van der Waals surface area contributed by atoms with Gasteiger partial charge in [-0.15, -0.1) is 0 Å². The average Bonchev–Trinajstić information content (AvgIpc) is 2.93. The molecule has 2 heterocycles. The van der Waals surface area contributed by atoms with E-state index in [9.17, 15) is 4.79 Å². The van der Waals surface area contributed by atoms with Crippen LogP contribution in [0.3, 0.4) is 0 Å². The normalized spacial score (nSPS) is 16.5. The van der Waals surface area contributed by atoms with Crippen LogP contribution in [0, 0.1) is 0 Å². The van der Waals surface area contributed by atoms with Gasteiger partial charge in [0.05, 0.1) is 25.3 Å². The summed E-state index contributed by atoms with van der Waals surface area (Å²) >= 11 is 0. The molecule has 0 saturated carbocycles. The van der Waals surface area contributed by atoms with Crippen LogP contribution in [-0.4, -0.2) is 50.2 Å². The van der Waals surface area contributed by atoms with E-state index in [1.807, 2.05) is 0 Å². The number of furan rings is 1. The fourth-order valence-corrected chi connectivity index (χ4v) is 2.04. The monoisotopic (exact) mass is 267 g/mol. The van der Waals surface area contributed by atoms with Crippen LogP contribution in [-0.2, 0) is 11.3 Å². The average molecular weight is 267 g/mol. The number of carbonyl (C=O) groups excluding carboxylic acids is 1. The molecule has 3 N–H and O–H groups in total. The molecule has 1 aromatic heterocycles. The Kier molecular flexibility index (Phi) is 5.38. The first-order valence-corrected chi connectivity index (χ1v) is 6.65. The van der Waals surface area contributed by atoms with Crippen molar-refractivity contribution in [3.63, 3.8) is 0 Å². The molecule has 0 radical (unpaired) electrons. The SMILES string of the molecule is NCc1cc(C(=O)NCCCN2CCOCC2)co1. The fraction of sp³-hybridized carbons (Fsp3) is 0.615. The van der Waals surface area contributed by atoms with Gasteiger partial charge in [0.2, 0.25) is 0 Å². The minimum absolute atomic E-state index is 0.106. The van der Waals surface area contributed by atoms with Crippen molar-refractivity contribution in [2.45, 2.75) is 13.0 Å². The largest absolute Gasteiger partial charge is 0.467 e. The van der Waals surface area contributed by atoms with Crippen LogP contribution in [0.2, 0.25) is 0 Å². The summed E-state index contributed by atoms with van der Waals surface area (Å²) in [7, 11) is 0. The smallest absolute Gasteiger partial charge is 0.254 e. The Morgan fingerprint density at radius 3 is 2.89 bits per heavy atom. The van der Waals surface area contributed by atoms with E-state index in [0.717, 1.165) is 39.3 Å². The van der Waals surface area contributed by atoms with Gasteiger partial charge in [-0.1, -0.05) is 0 Å². The van der Waals surface area contributed by atoms with Crippen molar-refractivity contribution in [3.8, 4) is 0 Å². The number of nitrogens with two attached hydrogens (primary N) is 1. The van der Waals surface area contributed by atoms with E-state index in [1.54, 1.807) is 6.07 Å². The van der Waals surface area contributed by atoms with Gasteiger partial charge in [0.15, 0.2) is 0 Å². The summed E-state index contributed by atoms with van der Waals surface area (Å²) in [5.41, 5.74) is 5.96. The first-order valence-electron chi connectivity index (χ1n) is 6.65. The van der Waals surface area contributed by atoms with Gasteiger partial charge in [-0.2, -0.15) is 0 Å². The van der Waals surface area contributed by atoms with E-state index in [4.69, 9.17) is 14.9 Å². The van der Waals surface area contributed by atoms with Gasteiger partial charge in [0.25, 0.3) is 5.91 Å². The minimum Gasteiger partial charge on any atom is -0.467 e. The molecule has 1 aliphatic rings. The number of hydrogen-bond donors (Lipinski definition) is 2. The summed E-state index contributed by atoms with van der Waals surface area (Å²) in [5.74, 6) is 0.517. The van der Waals surface area contributed by atoms with Gasteiger partial charge in [0, 0.05) is 19.6 Å². The van der Waals surface area contributed by atoms with Crippen LogP contribution >= 0.6 is 0 Å². The highest BCUT2D eigenvalue weighted by Crippen LogP contribution is 2.06. The number of ether oxygens (including phenoxy) is 1. The second kappa shape index (κ2) is 7.28. The second-order valence-electron chi connectivity index (χ2n) is 4.57. The Labute approximate surface area is 112 Å². The molecule has 1 aliphatic heterocycles. The van der Waals surface area contributed by atoms with Gasteiger partial charge in [-0.25, -0.2) is 0 Å². The molecule has 0 aromatic carbocycles. The highest BCUT2D eigenvalue weighted by molar-refractivity contribution is 5.93. The first kappa shape index (κ1) is 14.0. The van der Waals surface area contributed by atoms with E-state index in [2.05, 4.69) is 10.2 Å². The topological polar surface area (TPSA) is 80.7 Å². The van der Waals surface area contributed by atoms with Crippen molar-refractivity contribution in [1.82, 2.24) is 10.2 Å². The molecule has 0 spiro atoms. The summed E-state index contributed by atoms with van der Waals surface area (Å²) in [5, 5.41) is 2.88. The molecule has 106 valence electrons. The maximum atomic E-state index is 11.8. The van der Waals surface area contributed by atoms with Crippen molar-refractivity contribution in [1.29, 1.82) is 0 Å². The van der Waals surface area contributed by atoms with E-state index in [1.165, 1.54) is 6.26 Å². The number of nitrogens with zero attached hydrogens (tertiary/aromatic N) is 1. The van der Waals surface area contributed by atoms with Crippen LogP contribution in [0.5, 0.6) is 0 Å². The molecule has 0 atom stereocenters. The van der Waals surface area contributed by atoms with Gasteiger partial charge < -0.3 is 20.2 Å². The van der Waals surface area contributed by atoms with Crippen LogP contribution in [0.1, 0.15) is 22.5 Å². The zero-order valence-corrected chi connectivity index (χ0v) is 11.1. The van der Waals surface area contributed by atoms with Crippen LogP contribution in [0.15, 0.2) is 16.7 Å². The van der Waals surface area contributed by atoms with Crippen molar-refractivity contribution >= 4 is 5.91 Å². The van der Waals surface area contributed by atoms with Crippen molar-refractivity contribution < 1.29 is 13.9 Å². The summed E-state index contributed by atoms with van der Waals surface area (Å²) < 4.78 is 10.4. The van der Waals surface area contributed by atoms with Crippen LogP contribution in [0.25, 0.3) is 0 Å². The molecule has 0 bridgehead atoms. The molecule has 19 heavy (non-hydrogen) atoms. The van der Waals surface area contributed by atoms with Gasteiger partial charge in [-0.05, 0) is 19.0 Å². The standard InChI is InChI=1S/C13H21N3O3/c14-9-12-8-11(10-19-12)13(17)15-2-1-3-16-4-6-18-7-5-16/h8,10H,1-7,9,14H2,(H,15,17). The zero-order chi connectivity index (χ0) is 13.5. The lowest BCUT2D eigenvalue weighted by Crippen LogP contribution is -2.38. The lowest BCUT2D eigenvalue weighted by molar-refractivity contribution is 0.0374. The van der Waals surface area contributed by atoms with Gasteiger partial charge in [-0.3, -0.25) is 9.69 Å². The molecule has 6 heteroatoms. The van der Waals surface area contributed by atoms with E-state index in [-0.39, 0.29) is 5.91 Å². The Morgan fingerprint density at radius 1 is 1.42 bits per heavy atom. The van der Waals surface area contributed by atoms with E-state index in [0.29, 0.717) is 24.4 Å². The number of amides is 1. The summed E-state index contributed by atoms with van der Waals surface area (Å²) in [6, 6.07) is 1.68. The summed E-state index contributed by atoms with van der Waals surface area (Å²) in [6.07, 6.45) is 2.38. The molecule has 1 aromatic rings. The highest BCUT2D eigenvalue weighted by Gasteiger charge is 2.11. The lowest BCUT2D eigenvalue weighted by Gasteiger charge is -2.26. The predicted octanol–water partition coefficient (Wildman–Crippen LogP) is 0.190. The molecule has 1 fully saturated rings. The first-order chi connectivity index (χ1) is 9.29. The molecular formula is C13H21N3O3. The number of nitrogens with one attached hydrogen (secondary N) is 1. The number of hydrogen-bond acceptors (Lipinski definition) is 5. The molecule has 1 saturated heterocycles. The van der Waals surface area contributed by atoms with Crippen LogP contribution in [0.4, 0.5) is 0 Å². The predicted molar refractivity (Wildman–Crippen MR) is 70.8 cm³/mol. The third kappa shape index (κ3) is 4.34. The van der Waals surface area contributed by atoms with E-state index < -0.39 is 0 Å². The third-order valence-corrected chi connectivity index (χ3v) is 3.16.